The van der Waals surface area contributed by atoms with Crippen molar-refractivity contribution in [1.82, 2.24) is 14.9 Å². The van der Waals surface area contributed by atoms with Crippen molar-refractivity contribution in [3.8, 4) is 11.5 Å². The summed E-state index contributed by atoms with van der Waals surface area (Å²) >= 11 is 0. The Bertz CT molecular complexity index is 861. The molecule has 7 heteroatoms. The highest BCUT2D eigenvalue weighted by Gasteiger charge is 2.24. The molecule has 1 N–H and O–H groups in total. The summed E-state index contributed by atoms with van der Waals surface area (Å²) in [5.74, 6) is 3.21. The standard InChI is InChI=1S/C22H30N4O3/c1-14(2)21-23-15(3)12-20(25-21)24-17-8-10-26(11-9-17)22(27)16-6-7-18(28-4)19(13-16)29-5/h6-7,12-14,17H,8-11H2,1-5H3,(H,23,24,25). The lowest BCUT2D eigenvalue weighted by molar-refractivity contribution is 0.0718. The minimum atomic E-state index is 0.0179. The van der Waals surface area contributed by atoms with Gasteiger partial charge < -0.3 is 19.7 Å². The first-order chi connectivity index (χ1) is 13.9. The Hall–Kier alpha value is -2.83. The Morgan fingerprint density at radius 2 is 1.79 bits per heavy atom. The smallest absolute Gasteiger partial charge is 0.253 e. The van der Waals surface area contributed by atoms with E-state index in [2.05, 4.69) is 29.1 Å². The number of piperidine rings is 1. The van der Waals surface area contributed by atoms with Crippen LogP contribution in [0.25, 0.3) is 0 Å². The zero-order valence-electron chi connectivity index (χ0n) is 17.9. The molecule has 156 valence electrons. The fraction of sp³-hybridized carbons (Fsp3) is 0.500. The van der Waals surface area contributed by atoms with Crippen molar-refractivity contribution in [3.05, 3.63) is 41.3 Å². The fourth-order valence-electron chi connectivity index (χ4n) is 3.51. The van der Waals surface area contributed by atoms with Crippen molar-refractivity contribution in [2.45, 2.75) is 45.6 Å². The van der Waals surface area contributed by atoms with E-state index in [-0.39, 0.29) is 11.8 Å². The van der Waals surface area contributed by atoms with E-state index in [9.17, 15) is 4.79 Å². The second-order valence-electron chi connectivity index (χ2n) is 7.69. The number of carbonyl (C=O) groups excluding carboxylic acids is 1. The van der Waals surface area contributed by atoms with Gasteiger partial charge in [0.1, 0.15) is 11.6 Å². The number of nitrogens with one attached hydrogen (secondary N) is 1. The summed E-state index contributed by atoms with van der Waals surface area (Å²) < 4.78 is 10.6. The maximum absolute atomic E-state index is 12.9. The zero-order chi connectivity index (χ0) is 21.0. The molecule has 0 saturated carbocycles. The second-order valence-corrected chi connectivity index (χ2v) is 7.69. The van der Waals surface area contributed by atoms with Crippen LogP contribution in [0.5, 0.6) is 11.5 Å². The van der Waals surface area contributed by atoms with Gasteiger partial charge in [-0.2, -0.15) is 0 Å². The van der Waals surface area contributed by atoms with Gasteiger partial charge in [-0.3, -0.25) is 4.79 Å². The van der Waals surface area contributed by atoms with E-state index in [1.54, 1.807) is 32.4 Å². The second kappa shape index (κ2) is 9.11. The molecular weight excluding hydrogens is 368 g/mol. The molecule has 1 fully saturated rings. The quantitative estimate of drug-likeness (QED) is 0.801. The lowest BCUT2D eigenvalue weighted by Crippen LogP contribution is -2.42. The van der Waals surface area contributed by atoms with Gasteiger partial charge in [-0.25, -0.2) is 9.97 Å². The van der Waals surface area contributed by atoms with E-state index < -0.39 is 0 Å². The molecule has 1 aliphatic rings. The first kappa shape index (κ1) is 20.9. The molecule has 7 nitrogen and oxygen atoms in total. The van der Waals surface area contributed by atoms with Crippen LogP contribution < -0.4 is 14.8 Å². The molecule has 29 heavy (non-hydrogen) atoms. The summed E-state index contributed by atoms with van der Waals surface area (Å²) in [5.41, 5.74) is 1.58. The van der Waals surface area contributed by atoms with Crippen molar-refractivity contribution >= 4 is 11.7 Å². The van der Waals surface area contributed by atoms with Crippen LogP contribution in [0.1, 0.15) is 54.5 Å². The molecule has 1 aliphatic heterocycles. The van der Waals surface area contributed by atoms with Gasteiger partial charge in [0, 0.05) is 42.4 Å². The monoisotopic (exact) mass is 398 g/mol. The van der Waals surface area contributed by atoms with E-state index in [1.807, 2.05) is 17.9 Å². The highest BCUT2D eigenvalue weighted by molar-refractivity contribution is 5.95. The number of aryl methyl sites for hydroxylation is 1. The van der Waals surface area contributed by atoms with E-state index in [0.29, 0.717) is 36.2 Å². The van der Waals surface area contributed by atoms with E-state index in [1.165, 1.54) is 0 Å². The van der Waals surface area contributed by atoms with Crippen molar-refractivity contribution in [3.63, 3.8) is 0 Å². The molecule has 1 saturated heterocycles. The van der Waals surface area contributed by atoms with Crippen LogP contribution in [0.15, 0.2) is 24.3 Å². The average Bonchev–Trinajstić information content (AvgIpc) is 2.72. The zero-order valence-corrected chi connectivity index (χ0v) is 17.9. The van der Waals surface area contributed by atoms with E-state index >= 15 is 0 Å². The lowest BCUT2D eigenvalue weighted by atomic mass is 10.0. The highest BCUT2D eigenvalue weighted by atomic mass is 16.5. The number of hydrogen-bond acceptors (Lipinski definition) is 6. The summed E-state index contributed by atoms with van der Waals surface area (Å²) in [6.07, 6.45) is 1.75. The van der Waals surface area contributed by atoms with Gasteiger partial charge >= 0.3 is 0 Å². The van der Waals surface area contributed by atoms with Crippen LogP contribution in [0.3, 0.4) is 0 Å². The molecule has 0 atom stereocenters. The number of rotatable bonds is 6. The predicted molar refractivity (Wildman–Crippen MR) is 113 cm³/mol. The topological polar surface area (TPSA) is 76.6 Å². The summed E-state index contributed by atoms with van der Waals surface area (Å²) in [4.78, 5) is 23.9. The molecule has 2 heterocycles. The molecule has 0 bridgehead atoms. The van der Waals surface area contributed by atoms with Gasteiger partial charge in [0.2, 0.25) is 0 Å². The molecule has 0 unspecified atom stereocenters. The van der Waals surface area contributed by atoms with Crippen molar-refractivity contribution in [2.75, 3.05) is 32.6 Å². The van der Waals surface area contributed by atoms with Crippen LogP contribution in [0, 0.1) is 6.92 Å². The number of likely N-dealkylation sites (tertiary alicyclic amines) is 1. The van der Waals surface area contributed by atoms with Crippen LogP contribution >= 0.6 is 0 Å². The third-order valence-electron chi connectivity index (χ3n) is 5.15. The Morgan fingerprint density at radius 3 is 2.41 bits per heavy atom. The SMILES string of the molecule is COc1ccc(C(=O)N2CCC(Nc3cc(C)nc(C(C)C)n3)CC2)cc1OC. The fourth-order valence-corrected chi connectivity index (χ4v) is 3.51. The third kappa shape index (κ3) is 4.96. The normalized spacial score (nSPS) is 14.8. The summed E-state index contributed by atoms with van der Waals surface area (Å²) in [5, 5.41) is 3.52. The molecule has 0 radical (unpaired) electrons. The number of carbonyl (C=O) groups is 1. The Balaban J connectivity index is 1.61. The van der Waals surface area contributed by atoms with Crippen LogP contribution in [0.2, 0.25) is 0 Å². The number of methoxy groups -OCH3 is 2. The van der Waals surface area contributed by atoms with Crippen molar-refractivity contribution < 1.29 is 14.3 Å². The summed E-state index contributed by atoms with van der Waals surface area (Å²) in [7, 11) is 3.16. The number of ether oxygens (including phenoxy) is 2. The molecular formula is C22H30N4O3. The van der Waals surface area contributed by atoms with Crippen molar-refractivity contribution in [1.29, 1.82) is 0 Å². The van der Waals surface area contributed by atoms with Gasteiger partial charge in [-0.05, 0) is 38.0 Å². The van der Waals surface area contributed by atoms with Crippen molar-refractivity contribution in [2.24, 2.45) is 0 Å². The molecule has 3 rings (SSSR count). The number of nitrogens with zero attached hydrogens (tertiary/aromatic N) is 3. The van der Waals surface area contributed by atoms with Gasteiger partial charge in [-0.15, -0.1) is 0 Å². The predicted octanol–water partition coefficient (Wildman–Crippen LogP) is 3.64. The minimum Gasteiger partial charge on any atom is -0.493 e. The first-order valence-electron chi connectivity index (χ1n) is 10.0. The first-order valence-corrected chi connectivity index (χ1v) is 10.0. The van der Waals surface area contributed by atoms with Crippen LogP contribution in [-0.4, -0.2) is 54.1 Å². The number of anilines is 1. The van der Waals surface area contributed by atoms with Crippen LogP contribution in [-0.2, 0) is 0 Å². The molecule has 0 spiro atoms. The molecule has 1 amide bonds. The average molecular weight is 399 g/mol. The lowest BCUT2D eigenvalue weighted by Gasteiger charge is -2.33. The molecule has 0 aliphatic carbocycles. The Labute approximate surface area is 172 Å². The van der Waals surface area contributed by atoms with Gasteiger partial charge in [0.15, 0.2) is 11.5 Å². The molecule has 1 aromatic carbocycles. The highest BCUT2D eigenvalue weighted by Crippen LogP contribution is 2.28. The maximum atomic E-state index is 12.9. The van der Waals surface area contributed by atoms with E-state index in [0.717, 1.165) is 30.2 Å². The Morgan fingerprint density at radius 1 is 1.10 bits per heavy atom. The van der Waals surface area contributed by atoms with Gasteiger partial charge in [0.25, 0.3) is 5.91 Å². The van der Waals surface area contributed by atoms with E-state index in [4.69, 9.17) is 9.47 Å². The number of hydrogen-bond donors (Lipinski definition) is 1. The Kier molecular flexibility index (Phi) is 6.56. The van der Waals surface area contributed by atoms with Gasteiger partial charge in [-0.1, -0.05) is 13.8 Å². The molecule has 1 aromatic heterocycles. The molecule has 2 aromatic rings. The number of amides is 1. The summed E-state index contributed by atoms with van der Waals surface area (Å²) in [6, 6.07) is 7.56. The minimum absolute atomic E-state index is 0.0179. The number of benzene rings is 1. The maximum Gasteiger partial charge on any atom is 0.253 e. The summed E-state index contributed by atoms with van der Waals surface area (Å²) in [6.45, 7) is 7.58. The largest absolute Gasteiger partial charge is 0.493 e. The number of aromatic nitrogens is 2. The third-order valence-corrected chi connectivity index (χ3v) is 5.15. The van der Waals surface area contributed by atoms with Gasteiger partial charge in [0.05, 0.1) is 14.2 Å². The van der Waals surface area contributed by atoms with Crippen LogP contribution in [0.4, 0.5) is 5.82 Å².